The number of anilines is 1. The van der Waals surface area contributed by atoms with Gasteiger partial charge in [0, 0.05) is 44.2 Å². The van der Waals surface area contributed by atoms with Crippen LogP contribution >= 0.6 is 11.8 Å². The third kappa shape index (κ3) is 5.12. The molecule has 1 aliphatic rings. The molecule has 0 bridgehead atoms. The van der Waals surface area contributed by atoms with Gasteiger partial charge in [-0.1, -0.05) is 12.1 Å². The van der Waals surface area contributed by atoms with Gasteiger partial charge >= 0.3 is 0 Å². The fourth-order valence-corrected chi connectivity index (χ4v) is 3.25. The summed E-state index contributed by atoms with van der Waals surface area (Å²) in [6.07, 6.45) is 2.69. The Hall–Kier alpha value is -1.76. The summed E-state index contributed by atoms with van der Waals surface area (Å²) in [7, 11) is 1.72. The Morgan fingerprint density at radius 1 is 1.46 bits per heavy atom. The van der Waals surface area contributed by atoms with Gasteiger partial charge in [-0.25, -0.2) is 8.78 Å². The Morgan fingerprint density at radius 2 is 2.21 bits per heavy atom. The summed E-state index contributed by atoms with van der Waals surface area (Å²) in [4.78, 5) is 5.95. The quantitative estimate of drug-likeness (QED) is 0.342. The molecule has 1 fully saturated rings. The summed E-state index contributed by atoms with van der Waals surface area (Å²) in [5.74, 6) is 1.58. The van der Waals surface area contributed by atoms with Gasteiger partial charge in [-0.15, -0.1) is 6.58 Å². The topological polar surface area (TPSA) is 39.7 Å². The minimum Gasteiger partial charge on any atom is -0.365 e. The monoisotopic (exact) mass is 354 g/mol. The van der Waals surface area contributed by atoms with E-state index < -0.39 is 11.6 Å². The van der Waals surface area contributed by atoms with Crippen molar-refractivity contribution in [1.82, 2.24) is 10.6 Å². The summed E-state index contributed by atoms with van der Waals surface area (Å²) in [5.41, 5.74) is 0.0607. The number of halogens is 2. The molecule has 1 aromatic carbocycles. The first-order valence-electron chi connectivity index (χ1n) is 8.00. The number of nitrogens with zero attached hydrogens (tertiary/aromatic N) is 2. The molecule has 1 atom stereocenters. The number of nitrogens with one attached hydrogen (secondary N) is 2. The maximum absolute atomic E-state index is 13.9. The first-order valence-corrected chi connectivity index (χ1v) is 9.16. The summed E-state index contributed by atoms with van der Waals surface area (Å²) in [6, 6.07) is 4.08. The largest absolute Gasteiger partial charge is 0.365 e. The number of hydrogen-bond acceptors (Lipinski definition) is 3. The third-order valence-electron chi connectivity index (χ3n) is 3.78. The molecule has 24 heavy (non-hydrogen) atoms. The van der Waals surface area contributed by atoms with E-state index in [0.717, 1.165) is 30.4 Å². The molecule has 7 heteroatoms. The van der Waals surface area contributed by atoms with Gasteiger partial charge in [-0.05, 0) is 18.6 Å². The normalized spacial score (nSPS) is 17.9. The second-order valence-corrected chi connectivity index (χ2v) is 6.66. The highest BCUT2D eigenvalue weighted by molar-refractivity contribution is 7.99. The van der Waals surface area contributed by atoms with Gasteiger partial charge < -0.3 is 15.5 Å². The van der Waals surface area contributed by atoms with Crippen molar-refractivity contribution in [3.8, 4) is 0 Å². The van der Waals surface area contributed by atoms with Gasteiger partial charge in [0.15, 0.2) is 5.96 Å². The van der Waals surface area contributed by atoms with Crippen LogP contribution in [0, 0.1) is 11.6 Å². The molecule has 2 N–H and O–H groups in total. The first kappa shape index (κ1) is 18.6. The molecule has 1 saturated heterocycles. The summed E-state index contributed by atoms with van der Waals surface area (Å²) in [5, 5.41) is 6.57. The molecule has 1 aliphatic heterocycles. The summed E-state index contributed by atoms with van der Waals surface area (Å²) in [6.45, 7) is 5.65. The van der Waals surface area contributed by atoms with Crippen molar-refractivity contribution in [2.75, 3.05) is 43.1 Å². The van der Waals surface area contributed by atoms with Crippen molar-refractivity contribution in [1.29, 1.82) is 0 Å². The Bertz CT molecular complexity index is 559. The van der Waals surface area contributed by atoms with E-state index >= 15 is 0 Å². The van der Waals surface area contributed by atoms with Crippen LogP contribution in [0.15, 0.2) is 35.8 Å². The van der Waals surface area contributed by atoms with Gasteiger partial charge in [0.1, 0.15) is 17.3 Å². The van der Waals surface area contributed by atoms with Crippen LogP contribution in [0.5, 0.6) is 0 Å². The SMILES string of the molecule is C=CCSCCNC(=NC)NC1CCN(c2c(F)cccc2F)C1. The van der Waals surface area contributed by atoms with Gasteiger partial charge in [-0.3, -0.25) is 4.99 Å². The highest BCUT2D eigenvalue weighted by Crippen LogP contribution is 2.26. The lowest BCUT2D eigenvalue weighted by Gasteiger charge is -2.21. The smallest absolute Gasteiger partial charge is 0.191 e. The molecule has 0 amide bonds. The van der Waals surface area contributed by atoms with Crippen molar-refractivity contribution in [2.24, 2.45) is 4.99 Å². The van der Waals surface area contributed by atoms with Crippen LogP contribution in [0.1, 0.15) is 6.42 Å². The second kappa shape index (κ2) is 9.52. The molecule has 132 valence electrons. The minimum atomic E-state index is -0.516. The second-order valence-electron chi connectivity index (χ2n) is 5.51. The number of hydrogen-bond donors (Lipinski definition) is 2. The number of thioether (sulfide) groups is 1. The molecule has 0 aliphatic carbocycles. The third-order valence-corrected chi connectivity index (χ3v) is 4.75. The van der Waals surface area contributed by atoms with E-state index in [1.54, 1.807) is 23.7 Å². The molecule has 0 spiro atoms. The van der Waals surface area contributed by atoms with E-state index in [-0.39, 0.29) is 11.7 Å². The fraction of sp³-hybridized carbons (Fsp3) is 0.471. The Morgan fingerprint density at radius 3 is 2.88 bits per heavy atom. The zero-order valence-electron chi connectivity index (χ0n) is 13.9. The molecular formula is C17H24F2N4S. The van der Waals surface area contributed by atoms with E-state index in [1.807, 2.05) is 6.08 Å². The van der Waals surface area contributed by atoms with Gasteiger partial charge in [0.25, 0.3) is 0 Å². The molecule has 0 saturated carbocycles. The van der Waals surface area contributed by atoms with E-state index in [0.29, 0.717) is 13.1 Å². The van der Waals surface area contributed by atoms with Crippen LogP contribution in [0.4, 0.5) is 14.5 Å². The lowest BCUT2D eigenvalue weighted by atomic mass is 10.2. The fourth-order valence-electron chi connectivity index (χ4n) is 2.67. The van der Waals surface area contributed by atoms with Gasteiger partial charge in [0.2, 0.25) is 0 Å². The van der Waals surface area contributed by atoms with E-state index in [2.05, 4.69) is 22.2 Å². The zero-order valence-corrected chi connectivity index (χ0v) is 14.7. The molecule has 1 unspecified atom stereocenters. The van der Waals surface area contributed by atoms with Crippen LogP contribution in [0.25, 0.3) is 0 Å². The van der Waals surface area contributed by atoms with Crippen LogP contribution in [0.2, 0.25) is 0 Å². The van der Waals surface area contributed by atoms with Gasteiger partial charge in [-0.2, -0.15) is 11.8 Å². The predicted molar refractivity (Wildman–Crippen MR) is 99.0 cm³/mol. The predicted octanol–water partition coefficient (Wildman–Crippen LogP) is 2.63. The Kier molecular flexibility index (Phi) is 7.36. The zero-order chi connectivity index (χ0) is 17.4. The van der Waals surface area contributed by atoms with Crippen molar-refractivity contribution in [3.05, 3.63) is 42.5 Å². The first-order chi connectivity index (χ1) is 11.7. The Balaban J connectivity index is 1.83. The van der Waals surface area contributed by atoms with E-state index in [4.69, 9.17) is 0 Å². The maximum Gasteiger partial charge on any atom is 0.191 e. The van der Waals surface area contributed by atoms with Gasteiger partial charge in [0.05, 0.1) is 0 Å². The summed E-state index contributed by atoms with van der Waals surface area (Å²) >= 11 is 1.79. The van der Waals surface area contributed by atoms with Crippen molar-refractivity contribution < 1.29 is 8.78 Å². The number of guanidine groups is 1. The highest BCUT2D eigenvalue weighted by Gasteiger charge is 2.27. The standard InChI is InChI=1S/C17H24F2N4S/c1-3-10-24-11-8-21-17(20-2)22-13-7-9-23(12-13)16-14(18)5-4-6-15(16)19/h3-6,13H,1,7-12H2,2H3,(H2,20,21,22). The maximum atomic E-state index is 13.9. The average Bonchev–Trinajstić information content (AvgIpc) is 3.01. The lowest BCUT2D eigenvalue weighted by Crippen LogP contribution is -2.45. The molecule has 4 nitrogen and oxygen atoms in total. The molecule has 2 rings (SSSR count). The molecular weight excluding hydrogens is 330 g/mol. The average molecular weight is 354 g/mol. The van der Waals surface area contributed by atoms with Crippen LogP contribution in [-0.4, -0.2) is 50.2 Å². The summed E-state index contributed by atoms with van der Waals surface area (Å²) < 4.78 is 27.8. The molecule has 1 aromatic rings. The van der Waals surface area contributed by atoms with E-state index in [1.165, 1.54) is 18.2 Å². The number of benzene rings is 1. The van der Waals surface area contributed by atoms with Crippen molar-refractivity contribution in [3.63, 3.8) is 0 Å². The van der Waals surface area contributed by atoms with Crippen molar-refractivity contribution in [2.45, 2.75) is 12.5 Å². The van der Waals surface area contributed by atoms with Crippen LogP contribution < -0.4 is 15.5 Å². The number of rotatable bonds is 7. The molecule has 0 radical (unpaired) electrons. The number of aliphatic imine (C=N–C) groups is 1. The molecule has 0 aromatic heterocycles. The molecule has 1 heterocycles. The van der Waals surface area contributed by atoms with Crippen LogP contribution in [0.3, 0.4) is 0 Å². The Labute approximate surface area is 146 Å². The minimum absolute atomic E-state index is 0.0607. The van der Waals surface area contributed by atoms with Crippen LogP contribution in [-0.2, 0) is 0 Å². The lowest BCUT2D eigenvalue weighted by molar-refractivity contribution is 0.576. The van der Waals surface area contributed by atoms with Crippen molar-refractivity contribution >= 4 is 23.4 Å². The number of para-hydroxylation sites is 1. The highest BCUT2D eigenvalue weighted by atomic mass is 32.2. The van der Waals surface area contributed by atoms with E-state index in [9.17, 15) is 8.78 Å².